The van der Waals surface area contributed by atoms with Crippen LogP contribution in [0, 0.1) is 6.92 Å². The van der Waals surface area contributed by atoms with Crippen LogP contribution in [0.15, 0.2) is 12.1 Å². The molecule has 0 aromatic heterocycles. The van der Waals surface area contributed by atoms with E-state index in [2.05, 4.69) is 39.8 Å². The van der Waals surface area contributed by atoms with Crippen molar-refractivity contribution >= 4 is 0 Å². The molecule has 1 aromatic carbocycles. The van der Waals surface area contributed by atoms with E-state index in [1.165, 1.54) is 18.4 Å². The summed E-state index contributed by atoms with van der Waals surface area (Å²) in [5.74, 6) is 0. The van der Waals surface area contributed by atoms with Gasteiger partial charge in [0.1, 0.15) is 0 Å². The molecule has 0 atom stereocenters. The monoisotopic (exact) mass is 217 g/mol. The summed E-state index contributed by atoms with van der Waals surface area (Å²) in [6.45, 7) is 10.7. The van der Waals surface area contributed by atoms with E-state index in [1.54, 1.807) is 16.7 Å². The van der Waals surface area contributed by atoms with Gasteiger partial charge in [-0.25, -0.2) is 0 Å². The molecule has 0 amide bonds. The highest BCUT2D eigenvalue weighted by Gasteiger charge is 2.07. The summed E-state index contributed by atoms with van der Waals surface area (Å²) in [6.07, 6.45) is 6.93. The van der Waals surface area contributed by atoms with Gasteiger partial charge in [0, 0.05) is 0 Å². The lowest BCUT2D eigenvalue weighted by Gasteiger charge is -2.15. The number of aryl methyl sites for hydroxylation is 3. The van der Waals surface area contributed by atoms with Gasteiger partial charge in [-0.2, -0.15) is 0 Å². The SMILES string of the molecule is [CH2]CCCc1c(CC)cc(CC)cc1CC. The minimum absolute atomic E-state index is 1.04. The standard InChI is InChI=1S/C16H25/c1-5-9-10-16-14(7-3)11-13(6-2)12-15(16)8-4/h11-12H,1,5-10H2,2-4H3. The van der Waals surface area contributed by atoms with Crippen LogP contribution in [0.2, 0.25) is 0 Å². The Balaban J connectivity index is 3.09. The van der Waals surface area contributed by atoms with Gasteiger partial charge in [-0.1, -0.05) is 46.2 Å². The Hall–Kier alpha value is -0.780. The van der Waals surface area contributed by atoms with E-state index >= 15 is 0 Å². The minimum Gasteiger partial charge on any atom is -0.0613 e. The first-order chi connectivity index (χ1) is 7.76. The van der Waals surface area contributed by atoms with Gasteiger partial charge in [0.15, 0.2) is 0 Å². The topological polar surface area (TPSA) is 0 Å². The molecule has 0 bridgehead atoms. The summed E-state index contributed by atoms with van der Waals surface area (Å²) in [6, 6.07) is 4.80. The van der Waals surface area contributed by atoms with Crippen molar-refractivity contribution in [3.05, 3.63) is 41.3 Å². The van der Waals surface area contributed by atoms with Gasteiger partial charge < -0.3 is 0 Å². The molecular formula is C16H25. The third kappa shape index (κ3) is 3.10. The van der Waals surface area contributed by atoms with Gasteiger partial charge in [-0.15, -0.1) is 0 Å². The molecule has 0 unspecified atom stereocenters. The first kappa shape index (κ1) is 13.3. The van der Waals surface area contributed by atoms with Gasteiger partial charge in [0.05, 0.1) is 0 Å². The largest absolute Gasteiger partial charge is 0.0613 e. The molecular weight excluding hydrogens is 192 g/mol. The molecule has 89 valence electrons. The summed E-state index contributed by atoms with van der Waals surface area (Å²) in [7, 11) is 0. The van der Waals surface area contributed by atoms with Crippen molar-refractivity contribution in [2.45, 2.75) is 59.3 Å². The highest BCUT2D eigenvalue weighted by molar-refractivity contribution is 5.39. The summed E-state index contributed by atoms with van der Waals surface area (Å²) in [5, 5.41) is 0. The Morgan fingerprint density at radius 3 is 1.88 bits per heavy atom. The molecule has 0 heteroatoms. The number of benzene rings is 1. The van der Waals surface area contributed by atoms with E-state index in [0.717, 1.165) is 25.7 Å². The molecule has 0 aliphatic carbocycles. The van der Waals surface area contributed by atoms with E-state index < -0.39 is 0 Å². The van der Waals surface area contributed by atoms with Crippen molar-refractivity contribution in [3.63, 3.8) is 0 Å². The fourth-order valence-corrected chi connectivity index (χ4v) is 2.33. The molecule has 0 saturated carbocycles. The molecule has 1 rings (SSSR count). The van der Waals surface area contributed by atoms with Crippen LogP contribution in [0.1, 0.15) is 55.9 Å². The number of hydrogen-bond acceptors (Lipinski definition) is 0. The van der Waals surface area contributed by atoms with Crippen LogP contribution >= 0.6 is 0 Å². The zero-order chi connectivity index (χ0) is 12.0. The lowest BCUT2D eigenvalue weighted by atomic mass is 9.91. The summed E-state index contributed by atoms with van der Waals surface area (Å²) < 4.78 is 0. The molecule has 0 aliphatic rings. The van der Waals surface area contributed by atoms with Crippen molar-refractivity contribution in [2.24, 2.45) is 0 Å². The smallest absolute Gasteiger partial charge is 0.0273 e. The maximum Gasteiger partial charge on any atom is -0.0273 e. The first-order valence-electron chi connectivity index (χ1n) is 6.69. The fourth-order valence-electron chi connectivity index (χ4n) is 2.33. The number of unbranched alkanes of at least 4 members (excludes halogenated alkanes) is 1. The zero-order valence-corrected chi connectivity index (χ0v) is 11.1. The Kier molecular flexibility index (Phi) is 5.59. The third-order valence-corrected chi connectivity index (χ3v) is 3.34. The summed E-state index contributed by atoms with van der Waals surface area (Å²) >= 11 is 0. The fraction of sp³-hybridized carbons (Fsp3) is 0.562. The van der Waals surface area contributed by atoms with E-state index in [-0.39, 0.29) is 0 Å². The van der Waals surface area contributed by atoms with Gasteiger partial charge >= 0.3 is 0 Å². The van der Waals surface area contributed by atoms with Crippen LogP contribution in [0.5, 0.6) is 0 Å². The molecule has 0 N–H and O–H groups in total. The molecule has 1 radical (unpaired) electrons. The van der Waals surface area contributed by atoms with Crippen molar-refractivity contribution in [1.29, 1.82) is 0 Å². The molecule has 0 fully saturated rings. The summed E-state index contributed by atoms with van der Waals surface area (Å²) in [5.41, 5.74) is 6.22. The second kappa shape index (κ2) is 6.73. The van der Waals surface area contributed by atoms with Crippen LogP contribution in [0.3, 0.4) is 0 Å². The van der Waals surface area contributed by atoms with E-state index in [1.807, 2.05) is 0 Å². The second-order valence-electron chi connectivity index (χ2n) is 4.41. The van der Waals surface area contributed by atoms with Crippen molar-refractivity contribution in [2.75, 3.05) is 0 Å². The predicted octanol–water partition coefficient (Wildman–Crippen LogP) is 4.53. The molecule has 1 aromatic rings. The third-order valence-electron chi connectivity index (χ3n) is 3.34. The van der Waals surface area contributed by atoms with Crippen LogP contribution in [-0.4, -0.2) is 0 Å². The van der Waals surface area contributed by atoms with Crippen molar-refractivity contribution < 1.29 is 0 Å². The quantitative estimate of drug-likeness (QED) is 0.656. The van der Waals surface area contributed by atoms with Crippen LogP contribution in [-0.2, 0) is 25.7 Å². The zero-order valence-electron chi connectivity index (χ0n) is 11.1. The molecule has 0 spiro atoms. The number of rotatable bonds is 6. The van der Waals surface area contributed by atoms with Crippen LogP contribution in [0.4, 0.5) is 0 Å². The normalized spacial score (nSPS) is 10.8. The Bertz CT molecular complexity index is 298. The van der Waals surface area contributed by atoms with Gasteiger partial charge in [0.25, 0.3) is 0 Å². The highest BCUT2D eigenvalue weighted by atomic mass is 14.1. The number of hydrogen-bond donors (Lipinski definition) is 0. The van der Waals surface area contributed by atoms with Gasteiger partial charge in [-0.3, -0.25) is 0 Å². The van der Waals surface area contributed by atoms with Crippen LogP contribution in [0.25, 0.3) is 0 Å². The second-order valence-corrected chi connectivity index (χ2v) is 4.41. The van der Waals surface area contributed by atoms with Crippen LogP contribution < -0.4 is 0 Å². The molecule has 0 nitrogen and oxygen atoms in total. The lowest BCUT2D eigenvalue weighted by molar-refractivity contribution is 0.814. The van der Waals surface area contributed by atoms with E-state index in [0.29, 0.717) is 0 Å². The molecule has 16 heavy (non-hydrogen) atoms. The van der Waals surface area contributed by atoms with E-state index in [4.69, 9.17) is 0 Å². The molecule has 0 heterocycles. The average Bonchev–Trinajstić information content (AvgIpc) is 2.35. The van der Waals surface area contributed by atoms with Crippen molar-refractivity contribution in [1.82, 2.24) is 0 Å². The Labute approximate surface area is 101 Å². The lowest BCUT2D eigenvalue weighted by Crippen LogP contribution is -2.01. The molecule has 0 aliphatic heterocycles. The minimum atomic E-state index is 1.04. The van der Waals surface area contributed by atoms with E-state index in [9.17, 15) is 0 Å². The summed E-state index contributed by atoms with van der Waals surface area (Å²) in [4.78, 5) is 0. The van der Waals surface area contributed by atoms with Crippen molar-refractivity contribution in [3.8, 4) is 0 Å². The van der Waals surface area contributed by atoms with Gasteiger partial charge in [0.2, 0.25) is 0 Å². The first-order valence-corrected chi connectivity index (χ1v) is 6.69. The predicted molar refractivity (Wildman–Crippen MR) is 72.9 cm³/mol. The maximum atomic E-state index is 3.95. The average molecular weight is 217 g/mol. The Morgan fingerprint density at radius 2 is 1.50 bits per heavy atom. The highest BCUT2D eigenvalue weighted by Crippen LogP contribution is 2.22. The molecule has 0 saturated heterocycles. The Morgan fingerprint density at radius 1 is 0.938 bits per heavy atom. The maximum absolute atomic E-state index is 3.95. The van der Waals surface area contributed by atoms with Gasteiger partial charge in [-0.05, 0) is 54.4 Å².